The second-order valence-corrected chi connectivity index (χ2v) is 5.33. The molecule has 1 N–H and O–H groups in total. The maximum Gasteiger partial charge on any atom is 0.275 e. The molecule has 6 nitrogen and oxygen atoms in total. The number of nitrogens with zero attached hydrogens (tertiary/aromatic N) is 2. The van der Waals surface area contributed by atoms with Gasteiger partial charge in [0.25, 0.3) is 5.91 Å². The van der Waals surface area contributed by atoms with Crippen LogP contribution in [-0.4, -0.2) is 21.7 Å². The Labute approximate surface area is 126 Å². The van der Waals surface area contributed by atoms with Gasteiger partial charge < -0.3 is 14.8 Å². The molecule has 2 heterocycles. The Bertz CT molecular complexity index is 701. The number of hydrogen-bond donors (Lipinski definition) is 1. The van der Waals surface area contributed by atoms with Crippen molar-refractivity contribution in [2.75, 3.05) is 5.32 Å². The van der Waals surface area contributed by atoms with E-state index in [9.17, 15) is 4.79 Å². The van der Waals surface area contributed by atoms with E-state index >= 15 is 0 Å². The Balaban J connectivity index is 1.77. The van der Waals surface area contributed by atoms with Gasteiger partial charge in [-0.15, -0.1) is 0 Å². The molecule has 3 rings (SSSR count). The third-order valence-electron chi connectivity index (χ3n) is 2.77. The average Bonchev–Trinajstić information content (AvgIpc) is 2.72. The molecular weight excluding hydrogens is 294 g/mol. The van der Waals surface area contributed by atoms with Gasteiger partial charge in [-0.2, -0.15) is 0 Å². The molecule has 0 bridgehead atoms. The summed E-state index contributed by atoms with van der Waals surface area (Å²) in [6, 6.07) is 5.17. The summed E-state index contributed by atoms with van der Waals surface area (Å²) in [6.45, 7) is 3.63. The average molecular weight is 306 g/mol. The number of nitrogens with one attached hydrogen (secondary N) is 1. The first kappa shape index (κ1) is 13.6. The molecule has 21 heavy (non-hydrogen) atoms. The summed E-state index contributed by atoms with van der Waals surface area (Å²) >= 11 is 5.63. The van der Waals surface area contributed by atoms with Crippen molar-refractivity contribution >= 4 is 23.2 Å². The lowest BCUT2D eigenvalue weighted by Gasteiger charge is -2.16. The van der Waals surface area contributed by atoms with Crippen LogP contribution in [0.3, 0.4) is 0 Å². The second-order valence-electron chi connectivity index (χ2n) is 4.94. The third kappa shape index (κ3) is 2.90. The lowest BCUT2D eigenvalue weighted by Crippen LogP contribution is -2.29. The fourth-order valence-electron chi connectivity index (χ4n) is 1.93. The normalized spacial score (nSPS) is 14.8. The highest BCUT2D eigenvalue weighted by atomic mass is 35.5. The number of fused-ring (bicyclic) bond motifs is 1. The Morgan fingerprint density at radius 3 is 2.67 bits per heavy atom. The monoisotopic (exact) mass is 305 g/mol. The quantitative estimate of drug-likeness (QED) is 0.923. The van der Waals surface area contributed by atoms with Gasteiger partial charge in [0.05, 0.1) is 12.4 Å². The van der Waals surface area contributed by atoms with E-state index in [1.54, 1.807) is 18.2 Å². The van der Waals surface area contributed by atoms with Crippen LogP contribution >= 0.6 is 11.6 Å². The van der Waals surface area contributed by atoms with Gasteiger partial charge in [0.15, 0.2) is 11.5 Å². The standard InChI is InChI=1S/C14H12ClN3O3/c1-14(2)20-10-4-3-8(5-11(10)21-14)18-13(19)9-6-17-12(15)7-16-9/h3-7H,1-2H3,(H,18,19). The van der Waals surface area contributed by atoms with E-state index in [4.69, 9.17) is 21.1 Å². The molecule has 0 fully saturated rings. The molecular formula is C14H12ClN3O3. The third-order valence-corrected chi connectivity index (χ3v) is 2.96. The van der Waals surface area contributed by atoms with E-state index in [1.807, 2.05) is 13.8 Å². The predicted octanol–water partition coefficient (Wildman–Crippen LogP) is 2.89. The highest BCUT2D eigenvalue weighted by molar-refractivity contribution is 6.29. The molecule has 2 aromatic rings. The summed E-state index contributed by atoms with van der Waals surface area (Å²) in [4.78, 5) is 19.7. The Kier molecular flexibility index (Phi) is 3.17. The summed E-state index contributed by atoms with van der Waals surface area (Å²) in [5, 5.41) is 2.95. The minimum Gasteiger partial charge on any atom is -0.449 e. The SMILES string of the molecule is CC1(C)Oc2ccc(NC(=O)c3cnc(Cl)cn3)cc2O1. The largest absolute Gasteiger partial charge is 0.449 e. The first-order valence-corrected chi connectivity index (χ1v) is 6.62. The van der Waals surface area contributed by atoms with Crippen LogP contribution in [0.15, 0.2) is 30.6 Å². The van der Waals surface area contributed by atoms with Gasteiger partial charge in [-0.05, 0) is 12.1 Å². The zero-order chi connectivity index (χ0) is 15.0. The molecule has 7 heteroatoms. The minimum atomic E-state index is -0.702. The molecule has 0 unspecified atom stereocenters. The summed E-state index contributed by atoms with van der Waals surface area (Å²) < 4.78 is 11.2. The highest BCUT2D eigenvalue weighted by Gasteiger charge is 2.31. The van der Waals surface area contributed by atoms with E-state index < -0.39 is 5.79 Å². The van der Waals surface area contributed by atoms with Crippen LogP contribution < -0.4 is 14.8 Å². The number of halogens is 1. The molecule has 0 saturated carbocycles. The van der Waals surface area contributed by atoms with Crippen LogP contribution in [0.4, 0.5) is 5.69 Å². The second kappa shape index (κ2) is 4.89. The first-order valence-electron chi connectivity index (χ1n) is 6.24. The van der Waals surface area contributed by atoms with E-state index in [0.717, 1.165) is 0 Å². The molecule has 0 atom stereocenters. The van der Waals surface area contributed by atoms with Gasteiger partial charge >= 0.3 is 0 Å². The molecule has 1 amide bonds. The maximum atomic E-state index is 12.0. The van der Waals surface area contributed by atoms with Crippen LogP contribution in [0.2, 0.25) is 5.15 Å². The van der Waals surface area contributed by atoms with Gasteiger partial charge in [0.2, 0.25) is 5.79 Å². The number of aromatic nitrogens is 2. The van der Waals surface area contributed by atoms with Crippen LogP contribution in [0, 0.1) is 0 Å². The fourth-order valence-corrected chi connectivity index (χ4v) is 2.02. The molecule has 0 spiro atoms. The van der Waals surface area contributed by atoms with Gasteiger partial charge in [-0.25, -0.2) is 9.97 Å². The first-order chi connectivity index (χ1) is 9.93. The van der Waals surface area contributed by atoms with E-state index in [2.05, 4.69) is 15.3 Å². The Morgan fingerprint density at radius 1 is 1.19 bits per heavy atom. The number of benzene rings is 1. The molecule has 1 aliphatic heterocycles. The summed E-state index contributed by atoms with van der Waals surface area (Å²) in [5.41, 5.74) is 0.759. The molecule has 1 aromatic heterocycles. The van der Waals surface area contributed by atoms with Crippen LogP contribution in [-0.2, 0) is 0 Å². The van der Waals surface area contributed by atoms with Crippen molar-refractivity contribution in [2.45, 2.75) is 19.6 Å². The smallest absolute Gasteiger partial charge is 0.275 e. The number of carbonyl (C=O) groups is 1. The number of amides is 1. The van der Waals surface area contributed by atoms with Gasteiger partial charge in [-0.1, -0.05) is 11.6 Å². The number of hydrogen-bond acceptors (Lipinski definition) is 5. The number of carbonyl (C=O) groups excluding carboxylic acids is 1. The number of rotatable bonds is 2. The molecule has 108 valence electrons. The Hall–Kier alpha value is -2.34. The van der Waals surface area contributed by atoms with Crippen molar-refractivity contribution in [3.05, 3.63) is 41.4 Å². The summed E-state index contributed by atoms with van der Waals surface area (Å²) in [7, 11) is 0. The van der Waals surface area contributed by atoms with Gasteiger partial charge in [0.1, 0.15) is 10.8 Å². The zero-order valence-electron chi connectivity index (χ0n) is 11.4. The van der Waals surface area contributed by atoms with Crippen molar-refractivity contribution in [3.63, 3.8) is 0 Å². The summed E-state index contributed by atoms with van der Waals surface area (Å²) in [5.74, 6) is 0.147. The molecule has 0 aliphatic carbocycles. The Morgan fingerprint density at radius 2 is 1.95 bits per heavy atom. The summed E-state index contributed by atoms with van der Waals surface area (Å²) in [6.07, 6.45) is 2.63. The molecule has 1 aromatic carbocycles. The predicted molar refractivity (Wildman–Crippen MR) is 76.8 cm³/mol. The van der Waals surface area contributed by atoms with E-state index in [-0.39, 0.29) is 16.8 Å². The minimum absolute atomic E-state index is 0.178. The zero-order valence-corrected chi connectivity index (χ0v) is 12.1. The fraction of sp³-hybridized carbons (Fsp3) is 0.214. The number of anilines is 1. The van der Waals surface area contributed by atoms with Crippen molar-refractivity contribution in [1.29, 1.82) is 0 Å². The lowest BCUT2D eigenvalue weighted by molar-refractivity contribution is -0.0431. The van der Waals surface area contributed by atoms with Crippen molar-refractivity contribution < 1.29 is 14.3 Å². The lowest BCUT2D eigenvalue weighted by atomic mass is 10.2. The van der Waals surface area contributed by atoms with Crippen LogP contribution in [0.5, 0.6) is 11.5 Å². The van der Waals surface area contributed by atoms with Crippen molar-refractivity contribution in [2.24, 2.45) is 0 Å². The van der Waals surface area contributed by atoms with E-state index in [1.165, 1.54) is 12.4 Å². The topological polar surface area (TPSA) is 73.3 Å². The number of ether oxygens (including phenoxy) is 2. The van der Waals surface area contributed by atoms with Gasteiger partial charge in [0, 0.05) is 25.6 Å². The molecule has 1 aliphatic rings. The van der Waals surface area contributed by atoms with Crippen molar-refractivity contribution in [3.8, 4) is 11.5 Å². The van der Waals surface area contributed by atoms with E-state index in [0.29, 0.717) is 17.2 Å². The maximum absolute atomic E-state index is 12.0. The van der Waals surface area contributed by atoms with Gasteiger partial charge in [-0.3, -0.25) is 4.79 Å². The molecule has 0 radical (unpaired) electrons. The van der Waals surface area contributed by atoms with Crippen LogP contribution in [0.25, 0.3) is 0 Å². The van der Waals surface area contributed by atoms with Crippen molar-refractivity contribution in [1.82, 2.24) is 9.97 Å². The molecule has 0 saturated heterocycles. The highest BCUT2D eigenvalue weighted by Crippen LogP contribution is 2.40. The van der Waals surface area contributed by atoms with Crippen LogP contribution in [0.1, 0.15) is 24.3 Å².